The summed E-state index contributed by atoms with van der Waals surface area (Å²) in [6.07, 6.45) is 0.782. The Balaban J connectivity index is 2.45. The third kappa shape index (κ3) is 5.92. The Morgan fingerprint density at radius 3 is 2.53 bits per heavy atom. The van der Waals surface area contributed by atoms with Gasteiger partial charge in [0.05, 0.1) is 26.9 Å². The van der Waals surface area contributed by atoms with Crippen LogP contribution in [0.2, 0.25) is 0 Å². The van der Waals surface area contributed by atoms with E-state index in [1.807, 2.05) is 18.2 Å². The zero-order valence-corrected chi connectivity index (χ0v) is 11.7. The lowest BCUT2D eigenvalue weighted by molar-refractivity contribution is 0.0542. The molecule has 0 bridgehead atoms. The molecule has 0 aliphatic rings. The second-order valence-corrected chi connectivity index (χ2v) is 3.97. The van der Waals surface area contributed by atoms with Crippen LogP contribution < -0.4 is 15.2 Å². The zero-order valence-electron chi connectivity index (χ0n) is 11.7. The van der Waals surface area contributed by atoms with Crippen molar-refractivity contribution in [2.45, 2.75) is 6.42 Å². The summed E-state index contributed by atoms with van der Waals surface area (Å²) in [7, 11) is 3.28. The molecule has 5 heteroatoms. The Hall–Kier alpha value is -1.30. The number of rotatable bonds is 10. The number of benzene rings is 1. The Morgan fingerprint density at radius 2 is 1.84 bits per heavy atom. The van der Waals surface area contributed by atoms with Crippen LogP contribution in [-0.4, -0.2) is 47.2 Å². The van der Waals surface area contributed by atoms with Crippen molar-refractivity contribution in [3.63, 3.8) is 0 Å². The van der Waals surface area contributed by atoms with Gasteiger partial charge in [0.15, 0.2) is 0 Å². The molecule has 19 heavy (non-hydrogen) atoms. The SMILES string of the molecule is COCCOCCOc1cc(OC)ccc1CCN. The highest BCUT2D eigenvalue weighted by Crippen LogP contribution is 2.25. The van der Waals surface area contributed by atoms with Gasteiger partial charge in [0.2, 0.25) is 0 Å². The van der Waals surface area contributed by atoms with Crippen molar-refractivity contribution in [1.82, 2.24) is 0 Å². The average Bonchev–Trinajstić information content (AvgIpc) is 2.44. The van der Waals surface area contributed by atoms with Crippen molar-refractivity contribution < 1.29 is 18.9 Å². The van der Waals surface area contributed by atoms with Crippen molar-refractivity contribution in [1.29, 1.82) is 0 Å². The molecule has 0 aliphatic heterocycles. The van der Waals surface area contributed by atoms with Crippen LogP contribution in [-0.2, 0) is 15.9 Å². The molecule has 1 rings (SSSR count). The van der Waals surface area contributed by atoms with E-state index in [-0.39, 0.29) is 0 Å². The van der Waals surface area contributed by atoms with Crippen LogP contribution in [0.5, 0.6) is 11.5 Å². The summed E-state index contributed by atoms with van der Waals surface area (Å²) in [6, 6.07) is 5.76. The summed E-state index contributed by atoms with van der Waals surface area (Å²) in [5.41, 5.74) is 6.67. The summed E-state index contributed by atoms with van der Waals surface area (Å²) in [5.74, 6) is 1.58. The van der Waals surface area contributed by atoms with Crippen molar-refractivity contribution in [2.24, 2.45) is 5.73 Å². The normalized spacial score (nSPS) is 10.5. The number of hydrogen-bond acceptors (Lipinski definition) is 5. The van der Waals surface area contributed by atoms with E-state index in [9.17, 15) is 0 Å². The molecular formula is C14H23NO4. The van der Waals surface area contributed by atoms with Crippen LogP contribution >= 0.6 is 0 Å². The molecule has 2 N–H and O–H groups in total. The minimum atomic E-state index is 0.494. The molecule has 0 fully saturated rings. The maximum Gasteiger partial charge on any atom is 0.126 e. The van der Waals surface area contributed by atoms with E-state index >= 15 is 0 Å². The molecule has 0 heterocycles. The van der Waals surface area contributed by atoms with Crippen molar-refractivity contribution in [3.05, 3.63) is 23.8 Å². The van der Waals surface area contributed by atoms with Gasteiger partial charge < -0.3 is 24.7 Å². The highest BCUT2D eigenvalue weighted by molar-refractivity contribution is 5.40. The van der Waals surface area contributed by atoms with Gasteiger partial charge in [-0.15, -0.1) is 0 Å². The third-order valence-corrected chi connectivity index (χ3v) is 2.61. The van der Waals surface area contributed by atoms with Crippen molar-refractivity contribution in [3.8, 4) is 11.5 Å². The molecular weight excluding hydrogens is 246 g/mol. The van der Waals surface area contributed by atoms with Gasteiger partial charge in [0.25, 0.3) is 0 Å². The maximum absolute atomic E-state index is 5.71. The maximum atomic E-state index is 5.71. The Bertz CT molecular complexity index is 357. The van der Waals surface area contributed by atoms with E-state index in [0.29, 0.717) is 33.0 Å². The third-order valence-electron chi connectivity index (χ3n) is 2.61. The van der Waals surface area contributed by atoms with E-state index in [2.05, 4.69) is 0 Å². The average molecular weight is 269 g/mol. The molecule has 0 saturated carbocycles. The lowest BCUT2D eigenvalue weighted by atomic mass is 10.1. The molecule has 0 radical (unpaired) electrons. The molecule has 0 saturated heterocycles. The van der Waals surface area contributed by atoms with Gasteiger partial charge in [0, 0.05) is 13.2 Å². The predicted octanol–water partition coefficient (Wildman–Crippen LogP) is 1.24. The largest absolute Gasteiger partial charge is 0.497 e. The fraction of sp³-hybridized carbons (Fsp3) is 0.571. The second kappa shape index (κ2) is 9.61. The Morgan fingerprint density at radius 1 is 1.05 bits per heavy atom. The van der Waals surface area contributed by atoms with E-state index in [4.69, 9.17) is 24.7 Å². The minimum absolute atomic E-state index is 0.494. The summed E-state index contributed by atoms with van der Waals surface area (Å²) < 4.78 is 21.1. The minimum Gasteiger partial charge on any atom is -0.497 e. The number of nitrogens with two attached hydrogens (primary N) is 1. The monoisotopic (exact) mass is 269 g/mol. The van der Waals surface area contributed by atoms with E-state index < -0.39 is 0 Å². The van der Waals surface area contributed by atoms with Crippen LogP contribution in [0.25, 0.3) is 0 Å². The lowest BCUT2D eigenvalue weighted by Gasteiger charge is -2.12. The van der Waals surface area contributed by atoms with Gasteiger partial charge in [0.1, 0.15) is 18.1 Å². The van der Waals surface area contributed by atoms with E-state index in [1.54, 1.807) is 14.2 Å². The first-order valence-electron chi connectivity index (χ1n) is 6.38. The van der Waals surface area contributed by atoms with Gasteiger partial charge in [-0.3, -0.25) is 0 Å². The molecule has 1 aromatic rings. The van der Waals surface area contributed by atoms with Gasteiger partial charge in [-0.05, 0) is 24.6 Å². The summed E-state index contributed by atoms with van der Waals surface area (Å²) in [6.45, 7) is 2.79. The Kier molecular flexibility index (Phi) is 7.97. The fourth-order valence-corrected chi connectivity index (χ4v) is 1.61. The van der Waals surface area contributed by atoms with Gasteiger partial charge in [-0.1, -0.05) is 6.07 Å². The van der Waals surface area contributed by atoms with Crippen LogP contribution in [0, 0.1) is 0 Å². The lowest BCUT2D eigenvalue weighted by Crippen LogP contribution is -2.11. The molecule has 0 unspecified atom stereocenters. The van der Waals surface area contributed by atoms with Crippen LogP contribution in [0.1, 0.15) is 5.56 Å². The first-order chi connectivity index (χ1) is 9.31. The molecule has 1 aromatic carbocycles. The highest BCUT2D eigenvalue weighted by atomic mass is 16.5. The topological polar surface area (TPSA) is 62.9 Å². The summed E-state index contributed by atoms with van der Waals surface area (Å²) >= 11 is 0. The molecule has 108 valence electrons. The zero-order chi connectivity index (χ0) is 13.9. The predicted molar refractivity (Wildman–Crippen MR) is 73.9 cm³/mol. The first-order valence-corrected chi connectivity index (χ1v) is 6.38. The molecule has 5 nitrogen and oxygen atoms in total. The smallest absolute Gasteiger partial charge is 0.126 e. The first kappa shape index (κ1) is 15.8. The van der Waals surface area contributed by atoms with Crippen LogP contribution in [0.4, 0.5) is 0 Å². The summed E-state index contributed by atoms with van der Waals surface area (Å²) in [4.78, 5) is 0. The van der Waals surface area contributed by atoms with Crippen molar-refractivity contribution >= 4 is 0 Å². The van der Waals surface area contributed by atoms with Crippen LogP contribution in [0.15, 0.2) is 18.2 Å². The standard InChI is InChI=1S/C14H23NO4/c1-16-7-8-18-9-10-19-14-11-13(17-2)4-3-12(14)5-6-15/h3-4,11H,5-10,15H2,1-2H3. The Labute approximate surface area is 114 Å². The molecule has 0 amide bonds. The highest BCUT2D eigenvalue weighted by Gasteiger charge is 2.05. The molecule has 0 aromatic heterocycles. The molecule has 0 atom stereocenters. The quantitative estimate of drug-likeness (QED) is 0.647. The fourth-order valence-electron chi connectivity index (χ4n) is 1.61. The summed E-state index contributed by atoms with van der Waals surface area (Å²) in [5, 5.41) is 0. The van der Waals surface area contributed by atoms with E-state index in [1.165, 1.54) is 0 Å². The second-order valence-electron chi connectivity index (χ2n) is 3.97. The van der Waals surface area contributed by atoms with Gasteiger partial charge in [-0.2, -0.15) is 0 Å². The number of hydrogen-bond donors (Lipinski definition) is 1. The number of ether oxygens (including phenoxy) is 4. The van der Waals surface area contributed by atoms with Crippen LogP contribution in [0.3, 0.4) is 0 Å². The number of methoxy groups -OCH3 is 2. The molecule has 0 aliphatic carbocycles. The van der Waals surface area contributed by atoms with Crippen molar-refractivity contribution in [2.75, 3.05) is 47.2 Å². The van der Waals surface area contributed by atoms with Gasteiger partial charge >= 0.3 is 0 Å². The van der Waals surface area contributed by atoms with E-state index in [0.717, 1.165) is 23.5 Å². The van der Waals surface area contributed by atoms with Gasteiger partial charge in [-0.25, -0.2) is 0 Å². The molecule has 0 spiro atoms.